The van der Waals surface area contributed by atoms with Crippen LogP contribution < -0.4 is 0 Å². The lowest BCUT2D eigenvalue weighted by Gasteiger charge is -2.27. The molecule has 0 aromatic carbocycles. The summed E-state index contributed by atoms with van der Waals surface area (Å²) >= 11 is 1.66. The van der Waals surface area contributed by atoms with Crippen molar-refractivity contribution >= 4 is 17.2 Å². The molecule has 0 radical (unpaired) electrons. The van der Waals surface area contributed by atoms with Gasteiger partial charge in [0.2, 0.25) is 5.91 Å². The van der Waals surface area contributed by atoms with Gasteiger partial charge in [0.1, 0.15) is 5.76 Å². The van der Waals surface area contributed by atoms with Crippen LogP contribution in [0, 0.1) is 5.41 Å². The minimum absolute atomic E-state index is 0.162. The van der Waals surface area contributed by atoms with Crippen molar-refractivity contribution in [3.05, 3.63) is 53.4 Å². The Morgan fingerprint density at radius 2 is 2.46 bits per heavy atom. The summed E-state index contributed by atoms with van der Waals surface area (Å²) in [5, 5.41) is 3.07. The molecule has 24 heavy (non-hydrogen) atoms. The minimum Gasteiger partial charge on any atom is -0.468 e. The second-order valence-electron chi connectivity index (χ2n) is 6.62. The maximum Gasteiger partial charge on any atom is 0.231 e. The van der Waals surface area contributed by atoms with Crippen LogP contribution in [-0.4, -0.2) is 46.9 Å². The molecule has 0 aliphatic carbocycles. The van der Waals surface area contributed by atoms with Crippen LogP contribution in [0.25, 0.3) is 0 Å². The predicted molar refractivity (Wildman–Crippen MR) is 92.7 cm³/mol. The van der Waals surface area contributed by atoms with Crippen molar-refractivity contribution in [2.75, 3.05) is 26.2 Å². The summed E-state index contributed by atoms with van der Waals surface area (Å²) < 4.78 is 5.50. The molecular formula is C18H21N3O2S. The lowest BCUT2D eigenvalue weighted by Crippen LogP contribution is -2.39. The van der Waals surface area contributed by atoms with E-state index in [9.17, 15) is 4.79 Å². The molecule has 4 rings (SSSR count). The van der Waals surface area contributed by atoms with E-state index < -0.39 is 0 Å². The van der Waals surface area contributed by atoms with E-state index >= 15 is 0 Å². The van der Waals surface area contributed by atoms with E-state index in [-0.39, 0.29) is 17.2 Å². The maximum atomic E-state index is 13.2. The van der Waals surface area contributed by atoms with Gasteiger partial charge in [-0.2, -0.15) is 0 Å². The highest BCUT2D eigenvalue weighted by molar-refractivity contribution is 7.09. The quantitative estimate of drug-likeness (QED) is 0.783. The maximum absolute atomic E-state index is 13.2. The zero-order valence-electron chi connectivity index (χ0n) is 13.6. The predicted octanol–water partition coefficient (Wildman–Crippen LogP) is 2.74. The van der Waals surface area contributed by atoms with E-state index in [1.165, 1.54) is 0 Å². The summed E-state index contributed by atoms with van der Waals surface area (Å²) in [5.74, 6) is 1.36. The molecule has 2 aromatic heterocycles. The first kappa shape index (κ1) is 15.6. The van der Waals surface area contributed by atoms with Crippen LogP contribution in [-0.2, 0) is 11.3 Å². The van der Waals surface area contributed by atoms with E-state index in [0.717, 1.165) is 43.4 Å². The molecule has 2 aliphatic rings. The number of carbonyl (C=O) groups is 1. The molecule has 6 heteroatoms. The second-order valence-corrected chi connectivity index (χ2v) is 7.54. The van der Waals surface area contributed by atoms with Crippen molar-refractivity contribution in [3.63, 3.8) is 0 Å². The zero-order chi connectivity index (χ0) is 16.6. The lowest BCUT2D eigenvalue weighted by molar-refractivity contribution is -0.135. The average molecular weight is 343 g/mol. The number of furan rings is 1. The van der Waals surface area contributed by atoms with E-state index in [1.54, 1.807) is 17.6 Å². The van der Waals surface area contributed by atoms with Gasteiger partial charge in [-0.3, -0.25) is 9.69 Å². The van der Waals surface area contributed by atoms with Crippen molar-refractivity contribution in [2.45, 2.75) is 18.9 Å². The monoisotopic (exact) mass is 343 g/mol. The number of nitrogens with zero attached hydrogens (tertiary/aromatic N) is 3. The van der Waals surface area contributed by atoms with Gasteiger partial charge < -0.3 is 9.32 Å². The minimum atomic E-state index is -0.354. The highest BCUT2D eigenvalue weighted by Crippen LogP contribution is 2.50. The second kappa shape index (κ2) is 6.18. The Morgan fingerprint density at radius 3 is 3.17 bits per heavy atom. The molecule has 2 aromatic rings. The first-order valence-electron chi connectivity index (χ1n) is 8.27. The van der Waals surface area contributed by atoms with Gasteiger partial charge in [-0.15, -0.1) is 17.9 Å². The highest BCUT2D eigenvalue weighted by Gasteiger charge is 2.57. The van der Waals surface area contributed by atoms with E-state index in [2.05, 4.69) is 16.5 Å². The number of hydrogen-bond donors (Lipinski definition) is 0. The van der Waals surface area contributed by atoms with E-state index in [1.807, 2.05) is 34.7 Å². The molecule has 2 fully saturated rings. The van der Waals surface area contributed by atoms with E-state index in [0.29, 0.717) is 6.54 Å². The third kappa shape index (κ3) is 2.50. The smallest absolute Gasteiger partial charge is 0.231 e. The molecule has 2 saturated heterocycles. The summed E-state index contributed by atoms with van der Waals surface area (Å²) in [4.78, 5) is 22.0. The van der Waals surface area contributed by atoms with Gasteiger partial charge in [0.05, 0.1) is 23.2 Å². The number of likely N-dealkylation sites (tertiary alicyclic amines) is 2. The number of hydrogen-bond acceptors (Lipinski definition) is 5. The van der Waals surface area contributed by atoms with Gasteiger partial charge in [0, 0.05) is 43.7 Å². The Kier molecular flexibility index (Phi) is 4.02. The Labute approximate surface area is 145 Å². The SMILES string of the molecule is C=CCN1CC[C@]2(CN(Cc3ccco3)C[C@@H]2c2nccs2)C1=O. The van der Waals surface area contributed by atoms with Gasteiger partial charge in [-0.25, -0.2) is 4.98 Å². The van der Waals surface area contributed by atoms with Crippen LogP contribution in [0.3, 0.4) is 0 Å². The number of rotatable bonds is 5. The Hall–Kier alpha value is -1.92. The molecular weight excluding hydrogens is 322 g/mol. The molecule has 4 heterocycles. The highest BCUT2D eigenvalue weighted by atomic mass is 32.1. The fraction of sp³-hybridized carbons (Fsp3) is 0.444. The van der Waals surface area contributed by atoms with Crippen molar-refractivity contribution in [1.82, 2.24) is 14.8 Å². The molecule has 1 amide bonds. The fourth-order valence-corrected chi connectivity index (χ4v) is 4.98. The van der Waals surface area contributed by atoms with E-state index in [4.69, 9.17) is 4.42 Å². The number of carbonyl (C=O) groups excluding carboxylic acids is 1. The lowest BCUT2D eigenvalue weighted by atomic mass is 9.77. The molecule has 126 valence electrons. The van der Waals surface area contributed by atoms with Crippen molar-refractivity contribution in [3.8, 4) is 0 Å². The Balaban J connectivity index is 1.62. The number of amides is 1. The van der Waals surface area contributed by atoms with Gasteiger partial charge in [-0.05, 0) is 18.6 Å². The summed E-state index contributed by atoms with van der Waals surface area (Å²) in [6.07, 6.45) is 6.24. The normalized spacial score (nSPS) is 27.4. The van der Waals surface area contributed by atoms with Crippen LogP contribution in [0.15, 0.2) is 47.0 Å². The molecule has 1 spiro atoms. The number of thiazole rings is 1. The summed E-state index contributed by atoms with van der Waals surface area (Å²) in [6, 6.07) is 3.90. The third-order valence-electron chi connectivity index (χ3n) is 5.21. The molecule has 2 aliphatic heterocycles. The summed E-state index contributed by atoms with van der Waals surface area (Å²) in [5.41, 5.74) is -0.354. The Morgan fingerprint density at radius 1 is 1.54 bits per heavy atom. The summed E-state index contributed by atoms with van der Waals surface area (Å²) in [7, 11) is 0. The van der Waals surface area contributed by atoms with Crippen LogP contribution in [0.2, 0.25) is 0 Å². The topological polar surface area (TPSA) is 49.6 Å². The molecule has 2 atom stereocenters. The Bertz CT molecular complexity index is 713. The van der Waals surface area contributed by atoms with Crippen LogP contribution in [0.1, 0.15) is 23.1 Å². The third-order valence-corrected chi connectivity index (χ3v) is 6.10. The van der Waals surface area contributed by atoms with Crippen LogP contribution >= 0.6 is 11.3 Å². The molecule has 0 bridgehead atoms. The van der Waals surface area contributed by atoms with Crippen molar-refractivity contribution < 1.29 is 9.21 Å². The largest absolute Gasteiger partial charge is 0.468 e. The summed E-state index contributed by atoms with van der Waals surface area (Å²) in [6.45, 7) is 7.57. The number of aromatic nitrogens is 1. The molecule has 5 nitrogen and oxygen atoms in total. The molecule has 0 N–H and O–H groups in total. The van der Waals surface area contributed by atoms with Crippen LogP contribution in [0.4, 0.5) is 0 Å². The first-order valence-corrected chi connectivity index (χ1v) is 9.15. The van der Waals surface area contributed by atoms with Gasteiger partial charge in [-0.1, -0.05) is 6.08 Å². The fourth-order valence-electron chi connectivity index (χ4n) is 4.13. The van der Waals surface area contributed by atoms with Gasteiger partial charge in [0.25, 0.3) is 0 Å². The van der Waals surface area contributed by atoms with Crippen molar-refractivity contribution in [2.24, 2.45) is 5.41 Å². The van der Waals surface area contributed by atoms with Gasteiger partial charge in [0.15, 0.2) is 0 Å². The average Bonchev–Trinajstić information content (AvgIpc) is 3.34. The van der Waals surface area contributed by atoms with Gasteiger partial charge >= 0.3 is 0 Å². The standard InChI is InChI=1S/C18H21N3O2S/c1-2-7-21-8-5-18(17(21)22)13-20(11-14-4-3-9-23-14)12-15(18)16-19-6-10-24-16/h2-4,6,9-10,15H,1,5,7-8,11-13H2/t15-,18-/m1/s1. The van der Waals surface area contributed by atoms with Crippen molar-refractivity contribution in [1.29, 1.82) is 0 Å². The molecule has 0 saturated carbocycles. The first-order chi connectivity index (χ1) is 11.7. The molecule has 0 unspecified atom stereocenters. The zero-order valence-corrected chi connectivity index (χ0v) is 14.4. The van der Waals surface area contributed by atoms with Crippen LogP contribution in [0.5, 0.6) is 0 Å².